The lowest BCUT2D eigenvalue weighted by Gasteiger charge is -2.03. The largest absolute Gasteiger partial charge is 0.507 e. The van der Waals surface area contributed by atoms with Gasteiger partial charge in [0.05, 0.1) is 6.42 Å². The minimum absolute atomic E-state index is 0.00977. The Labute approximate surface area is 140 Å². The third-order valence-electron chi connectivity index (χ3n) is 3.19. The van der Waals surface area contributed by atoms with Gasteiger partial charge in [-0.15, -0.1) is 5.32 Å². The summed E-state index contributed by atoms with van der Waals surface area (Å²) >= 11 is 0. The number of hydrogen-bond donors (Lipinski definition) is 3. The van der Waals surface area contributed by atoms with Crippen molar-refractivity contribution in [2.24, 2.45) is 0 Å². The quantitative estimate of drug-likeness (QED) is 0.577. The molecule has 0 aliphatic heterocycles. The van der Waals surface area contributed by atoms with Crippen LogP contribution in [0, 0.1) is 6.57 Å². The zero-order chi connectivity index (χ0) is 17.2. The number of alkyl carbamates (subject to hydrolysis) is 1. The average molecular weight is 325 g/mol. The van der Waals surface area contributed by atoms with Crippen LogP contribution in [0.5, 0.6) is 0 Å². The van der Waals surface area contributed by atoms with E-state index in [4.69, 9.17) is 11.3 Å². The van der Waals surface area contributed by atoms with Gasteiger partial charge < -0.3 is 9.84 Å². The van der Waals surface area contributed by atoms with Crippen molar-refractivity contribution in [3.8, 4) is 6.57 Å². The zero-order valence-corrected chi connectivity index (χ0v) is 13.1. The first-order valence-electron chi connectivity index (χ1n) is 7.43. The molecule has 0 heterocycles. The van der Waals surface area contributed by atoms with Gasteiger partial charge in [0.1, 0.15) is 5.69 Å². The van der Waals surface area contributed by atoms with Gasteiger partial charge in [-0.05, 0) is 17.7 Å². The van der Waals surface area contributed by atoms with E-state index >= 15 is 0 Å². The lowest BCUT2D eigenvalue weighted by molar-refractivity contribution is -0.368. The molecule has 0 radical (unpaired) electrons. The molecule has 3 N–H and O–H groups in total. The molecule has 1 amide bonds. The third kappa shape index (κ3) is 5.81. The molecule has 2 rings (SSSR count). The molecule has 0 fully saturated rings. The number of amides is 1. The summed E-state index contributed by atoms with van der Waals surface area (Å²) in [5.74, 6) is 0. The number of amidine groups is 1. The maximum Gasteiger partial charge on any atom is 0.507 e. The fourth-order valence-corrected chi connectivity index (χ4v) is 2.03. The van der Waals surface area contributed by atoms with E-state index in [0.717, 1.165) is 5.56 Å². The average Bonchev–Trinajstić information content (AvgIpc) is 2.60. The summed E-state index contributed by atoms with van der Waals surface area (Å²) in [6.45, 7) is 5.37. The van der Waals surface area contributed by atoms with Gasteiger partial charge in [-0.2, -0.15) is 4.79 Å². The molecule has 6 nitrogen and oxygen atoms in total. The highest BCUT2D eigenvalue weighted by Crippen LogP contribution is 2.06. The van der Waals surface area contributed by atoms with Crippen LogP contribution < -0.4 is 10.3 Å². The number of aliphatic hydroxyl groups is 1. The molecule has 0 saturated heterocycles. The smallest absolute Gasteiger partial charge is 0.446 e. The minimum atomic E-state index is -0.794. The Morgan fingerprint density at radius 1 is 1.17 bits per heavy atom. The summed E-state index contributed by atoms with van der Waals surface area (Å²) in [7, 11) is 0. The van der Waals surface area contributed by atoms with E-state index in [1.54, 1.807) is 24.3 Å². The molecule has 122 valence electrons. The van der Waals surface area contributed by atoms with Crippen LogP contribution >= 0.6 is 0 Å². The summed E-state index contributed by atoms with van der Waals surface area (Å²) < 4.78 is 5.03. The molecule has 24 heavy (non-hydrogen) atoms. The van der Waals surface area contributed by atoms with E-state index < -0.39 is 12.1 Å². The van der Waals surface area contributed by atoms with Gasteiger partial charge >= 0.3 is 18.2 Å². The first-order chi connectivity index (χ1) is 11.7. The van der Waals surface area contributed by atoms with Crippen molar-refractivity contribution >= 4 is 17.8 Å². The van der Waals surface area contributed by atoms with Crippen molar-refractivity contribution in [3.63, 3.8) is 0 Å². The van der Waals surface area contributed by atoms with Crippen LogP contribution in [-0.2, 0) is 11.2 Å². The Morgan fingerprint density at radius 3 is 2.42 bits per heavy atom. The highest BCUT2D eigenvalue weighted by atomic mass is 16.6. The second-order valence-electron chi connectivity index (χ2n) is 5.06. The van der Waals surface area contributed by atoms with E-state index in [9.17, 15) is 9.90 Å². The van der Waals surface area contributed by atoms with Crippen LogP contribution in [0.2, 0.25) is 0 Å². The van der Waals surface area contributed by atoms with E-state index in [0.29, 0.717) is 12.1 Å². The normalized spacial score (nSPS) is 12.0. The fourth-order valence-electron chi connectivity index (χ4n) is 2.03. The van der Waals surface area contributed by atoms with Gasteiger partial charge in [0.15, 0.2) is 6.61 Å². The van der Waals surface area contributed by atoms with Gasteiger partial charge in [0.25, 0.3) is 6.57 Å². The number of carbonyl (C=O) groups is 1. The Bertz CT molecular complexity index is 724. The predicted molar refractivity (Wildman–Crippen MR) is 91.4 cm³/mol. The molecule has 1 unspecified atom stereocenters. The molecule has 0 saturated carbocycles. The number of carbonyl (C=O) groups excluding carboxylic acids is 1. The van der Waals surface area contributed by atoms with Crippen molar-refractivity contribution in [1.29, 1.82) is 0 Å². The first kappa shape index (κ1) is 17.0. The van der Waals surface area contributed by atoms with Gasteiger partial charge in [0.2, 0.25) is 0 Å². The molecule has 0 aliphatic carbocycles. The Kier molecular flexibility index (Phi) is 6.35. The molecular formula is C18H19N3O3+2. The number of hydrogen-bond acceptors (Lipinski definition) is 2. The molecular weight excluding hydrogens is 306 g/mol. The fraction of sp³-hybridized carbons (Fsp3) is 0.167. The number of ether oxygens (including phenoxy) is 1. The number of para-hydroxylation sites is 1. The maximum absolute atomic E-state index is 11.7. The number of nitrogens with zero attached hydrogens (tertiary/aromatic N) is 1. The van der Waals surface area contributed by atoms with Crippen LogP contribution in [-0.4, -0.2) is 29.9 Å². The molecule has 0 spiro atoms. The summed E-state index contributed by atoms with van der Waals surface area (Å²) in [6, 6.07) is 17.8. The highest BCUT2D eigenvalue weighted by molar-refractivity contribution is 5.86. The van der Waals surface area contributed by atoms with Crippen LogP contribution in [0.1, 0.15) is 5.56 Å². The standard InChI is InChI=1S/C18H17N3O3/c1-19-16(12-14-8-4-2-5-9-14)13-24-18(23)21-17(22)20-15-10-6-3-7-11-15/h1-11,16H,12-13H2,(H-,20,21,22,23)/p+2. The molecule has 2 aromatic carbocycles. The predicted octanol–water partition coefficient (Wildman–Crippen LogP) is 1.61. The second-order valence-corrected chi connectivity index (χ2v) is 5.06. The topological polar surface area (TPSA) is 76.9 Å². The first-order valence-corrected chi connectivity index (χ1v) is 7.43. The summed E-state index contributed by atoms with van der Waals surface area (Å²) in [5.41, 5.74) is 1.68. The number of benzene rings is 2. The van der Waals surface area contributed by atoms with Crippen molar-refractivity contribution in [3.05, 3.63) is 71.1 Å². The Balaban J connectivity index is 1.81. The number of aliphatic hydroxyl groups excluding tert-OH is 1. The van der Waals surface area contributed by atoms with Crippen molar-refractivity contribution in [2.45, 2.75) is 12.5 Å². The van der Waals surface area contributed by atoms with E-state index in [1.807, 2.05) is 36.4 Å². The molecule has 1 atom stereocenters. The minimum Gasteiger partial charge on any atom is -0.446 e. The monoisotopic (exact) mass is 325 g/mol. The SMILES string of the molecule is C#[N+]C(COC(=O)NC(O)=[NH+]c1ccccc1)Cc1ccccc1. The summed E-state index contributed by atoms with van der Waals surface area (Å²) in [5, 5.41) is 11.9. The van der Waals surface area contributed by atoms with Crippen LogP contribution in [0.4, 0.5) is 10.5 Å². The third-order valence-corrected chi connectivity index (χ3v) is 3.19. The van der Waals surface area contributed by atoms with Crippen LogP contribution in [0.15, 0.2) is 60.7 Å². The molecule has 0 aliphatic rings. The lowest BCUT2D eigenvalue weighted by atomic mass is 10.1. The number of rotatable bonds is 5. The van der Waals surface area contributed by atoms with Gasteiger partial charge in [-0.1, -0.05) is 53.4 Å². The Hall–Kier alpha value is -3.33. The maximum atomic E-state index is 11.7. The molecule has 2 aromatic rings. The zero-order valence-electron chi connectivity index (χ0n) is 13.1. The van der Waals surface area contributed by atoms with E-state index in [1.165, 1.54) is 0 Å². The molecule has 6 heteroatoms. The van der Waals surface area contributed by atoms with Crippen LogP contribution in [0.25, 0.3) is 4.85 Å². The summed E-state index contributed by atoms with van der Waals surface area (Å²) in [4.78, 5) is 18.0. The highest BCUT2D eigenvalue weighted by Gasteiger charge is 2.22. The van der Waals surface area contributed by atoms with Crippen molar-refractivity contribution in [2.75, 3.05) is 6.61 Å². The number of nitrogens with one attached hydrogen (secondary N) is 2. The van der Waals surface area contributed by atoms with Gasteiger partial charge in [0, 0.05) is 0 Å². The van der Waals surface area contributed by atoms with Crippen molar-refractivity contribution in [1.82, 2.24) is 5.32 Å². The Morgan fingerprint density at radius 2 is 1.79 bits per heavy atom. The summed E-state index contributed by atoms with van der Waals surface area (Å²) in [6.07, 6.45) is -0.236. The van der Waals surface area contributed by atoms with Gasteiger partial charge in [-0.3, -0.25) is 0 Å². The van der Waals surface area contributed by atoms with E-state index in [2.05, 4.69) is 15.2 Å². The van der Waals surface area contributed by atoms with Crippen LogP contribution in [0.3, 0.4) is 0 Å². The van der Waals surface area contributed by atoms with Gasteiger partial charge in [-0.25, -0.2) is 4.99 Å². The lowest BCUT2D eigenvalue weighted by Crippen LogP contribution is -2.70. The second kappa shape index (κ2) is 8.96. The van der Waals surface area contributed by atoms with E-state index in [-0.39, 0.29) is 12.6 Å². The molecule has 0 aromatic heterocycles. The molecule has 0 bridgehead atoms. The van der Waals surface area contributed by atoms with Crippen molar-refractivity contribution < 1.29 is 19.6 Å².